The van der Waals surface area contributed by atoms with Crippen LogP contribution in [0, 0.1) is 0 Å². The van der Waals surface area contributed by atoms with Crippen LogP contribution in [0.1, 0.15) is 36.2 Å². The molecule has 0 bridgehead atoms. The molecule has 0 aliphatic rings. The van der Waals surface area contributed by atoms with Gasteiger partial charge in [-0.3, -0.25) is 9.59 Å². The summed E-state index contributed by atoms with van der Waals surface area (Å²) in [4.78, 5) is 26.2. The van der Waals surface area contributed by atoms with Crippen molar-refractivity contribution < 1.29 is 23.8 Å². The van der Waals surface area contributed by atoms with E-state index < -0.39 is 0 Å². The molecular weight excluding hydrogens is 358 g/mol. The fraction of sp³-hybridized carbons (Fsp3) is 0.364. The predicted octanol–water partition coefficient (Wildman–Crippen LogP) is 3.69. The summed E-state index contributed by atoms with van der Waals surface area (Å²) in [5, 5.41) is 0. The highest BCUT2D eigenvalue weighted by molar-refractivity contribution is 5.94. The first-order valence-electron chi connectivity index (χ1n) is 9.18. The quantitative estimate of drug-likeness (QED) is 0.616. The minimum absolute atomic E-state index is 0.0631. The Balaban J connectivity index is 2.16. The zero-order valence-electron chi connectivity index (χ0n) is 16.8. The van der Waals surface area contributed by atoms with Crippen LogP contribution in [-0.2, 0) is 16.1 Å². The largest absolute Gasteiger partial charge is 0.497 e. The van der Waals surface area contributed by atoms with E-state index in [0.717, 1.165) is 11.3 Å². The van der Waals surface area contributed by atoms with Gasteiger partial charge in [-0.15, -0.1) is 0 Å². The summed E-state index contributed by atoms with van der Waals surface area (Å²) >= 11 is 0. The molecule has 0 unspecified atom stereocenters. The molecule has 0 aliphatic heterocycles. The van der Waals surface area contributed by atoms with Gasteiger partial charge < -0.3 is 19.1 Å². The number of nitrogens with zero attached hydrogens (tertiary/aromatic N) is 1. The molecule has 0 radical (unpaired) electrons. The molecule has 0 fully saturated rings. The average Bonchev–Trinajstić information content (AvgIpc) is 2.70. The summed E-state index contributed by atoms with van der Waals surface area (Å²) in [6.45, 7) is 4.54. The fourth-order valence-electron chi connectivity index (χ4n) is 2.66. The number of methoxy groups -OCH3 is 2. The molecule has 0 atom stereocenters. The van der Waals surface area contributed by atoms with Gasteiger partial charge in [-0.25, -0.2) is 0 Å². The van der Waals surface area contributed by atoms with Crippen molar-refractivity contribution in [1.82, 2.24) is 4.90 Å². The smallest absolute Gasteiger partial charge is 0.307 e. The summed E-state index contributed by atoms with van der Waals surface area (Å²) in [5.74, 6) is 0.948. The van der Waals surface area contributed by atoms with Crippen molar-refractivity contribution in [3.8, 4) is 11.5 Å². The molecule has 6 nitrogen and oxygen atoms in total. The molecule has 1 amide bonds. The first kappa shape index (κ1) is 21.3. The Morgan fingerprint density at radius 3 is 2.07 bits per heavy atom. The standard InChI is InChI=1S/C22H27NO5/c1-16(2)28-20-11-7-18(8-12-20)22(25)23(14-13-21(24)27-4)15-17-5-9-19(26-3)10-6-17/h5-12,16H,13-15H2,1-4H3. The lowest BCUT2D eigenvalue weighted by molar-refractivity contribution is -0.140. The van der Waals surface area contributed by atoms with Gasteiger partial charge in [0.25, 0.3) is 5.91 Å². The predicted molar refractivity (Wildman–Crippen MR) is 107 cm³/mol. The molecule has 0 saturated heterocycles. The maximum absolute atomic E-state index is 13.0. The highest BCUT2D eigenvalue weighted by Gasteiger charge is 2.18. The molecule has 0 N–H and O–H groups in total. The number of hydrogen-bond acceptors (Lipinski definition) is 5. The minimum Gasteiger partial charge on any atom is -0.497 e. The Morgan fingerprint density at radius 1 is 0.929 bits per heavy atom. The van der Waals surface area contributed by atoms with Crippen molar-refractivity contribution in [3.63, 3.8) is 0 Å². The second kappa shape index (κ2) is 10.3. The Kier molecular flexibility index (Phi) is 7.87. The molecule has 0 aliphatic carbocycles. The third-order valence-electron chi connectivity index (χ3n) is 4.11. The first-order valence-corrected chi connectivity index (χ1v) is 9.18. The summed E-state index contributed by atoms with van der Waals surface area (Å²) in [6, 6.07) is 14.5. The van der Waals surface area contributed by atoms with E-state index in [0.29, 0.717) is 17.9 Å². The zero-order chi connectivity index (χ0) is 20.5. The van der Waals surface area contributed by atoms with Gasteiger partial charge in [0.2, 0.25) is 0 Å². The summed E-state index contributed by atoms with van der Waals surface area (Å²) < 4.78 is 15.5. The van der Waals surface area contributed by atoms with Crippen LogP contribution in [-0.4, -0.2) is 43.6 Å². The topological polar surface area (TPSA) is 65.1 Å². The van der Waals surface area contributed by atoms with Crippen molar-refractivity contribution in [2.24, 2.45) is 0 Å². The molecular formula is C22H27NO5. The Hall–Kier alpha value is -3.02. The van der Waals surface area contributed by atoms with E-state index in [1.54, 1.807) is 36.3 Å². The normalized spacial score (nSPS) is 10.5. The second-order valence-corrected chi connectivity index (χ2v) is 6.59. The van der Waals surface area contributed by atoms with Crippen molar-refractivity contribution >= 4 is 11.9 Å². The summed E-state index contributed by atoms with van der Waals surface area (Å²) in [5.41, 5.74) is 1.48. The monoisotopic (exact) mass is 385 g/mol. The van der Waals surface area contributed by atoms with Crippen molar-refractivity contribution in [2.75, 3.05) is 20.8 Å². The fourth-order valence-corrected chi connectivity index (χ4v) is 2.66. The van der Waals surface area contributed by atoms with E-state index >= 15 is 0 Å². The van der Waals surface area contributed by atoms with Gasteiger partial charge in [-0.05, 0) is 55.8 Å². The van der Waals surface area contributed by atoms with E-state index in [-0.39, 0.29) is 30.9 Å². The van der Waals surface area contributed by atoms with E-state index in [2.05, 4.69) is 0 Å². The van der Waals surface area contributed by atoms with Gasteiger partial charge in [0, 0.05) is 18.7 Å². The van der Waals surface area contributed by atoms with Crippen LogP contribution in [0.25, 0.3) is 0 Å². The van der Waals surface area contributed by atoms with E-state index in [9.17, 15) is 9.59 Å². The molecule has 0 aromatic heterocycles. The Morgan fingerprint density at radius 2 is 1.54 bits per heavy atom. The number of carbonyl (C=O) groups excluding carboxylic acids is 2. The maximum atomic E-state index is 13.0. The molecule has 150 valence electrons. The van der Waals surface area contributed by atoms with E-state index in [1.807, 2.05) is 38.1 Å². The molecule has 2 rings (SSSR count). The lowest BCUT2D eigenvalue weighted by Crippen LogP contribution is -2.32. The highest BCUT2D eigenvalue weighted by Crippen LogP contribution is 2.18. The summed E-state index contributed by atoms with van der Waals surface area (Å²) in [7, 11) is 2.94. The third-order valence-corrected chi connectivity index (χ3v) is 4.11. The van der Waals surface area contributed by atoms with Crippen LogP contribution >= 0.6 is 0 Å². The molecule has 6 heteroatoms. The highest BCUT2D eigenvalue weighted by atomic mass is 16.5. The molecule has 0 spiro atoms. The molecule has 28 heavy (non-hydrogen) atoms. The number of hydrogen-bond donors (Lipinski definition) is 0. The van der Waals surface area contributed by atoms with E-state index in [4.69, 9.17) is 14.2 Å². The first-order chi connectivity index (χ1) is 13.4. The van der Waals surface area contributed by atoms with Crippen LogP contribution in [0.2, 0.25) is 0 Å². The summed E-state index contributed by atoms with van der Waals surface area (Å²) in [6.07, 6.45) is 0.195. The van der Waals surface area contributed by atoms with Crippen LogP contribution in [0.4, 0.5) is 0 Å². The zero-order valence-corrected chi connectivity index (χ0v) is 16.8. The van der Waals surface area contributed by atoms with Gasteiger partial charge in [0.05, 0.1) is 26.7 Å². The number of benzene rings is 2. The van der Waals surface area contributed by atoms with Crippen molar-refractivity contribution in [3.05, 3.63) is 59.7 Å². The van der Waals surface area contributed by atoms with Crippen LogP contribution in [0.15, 0.2) is 48.5 Å². The van der Waals surface area contributed by atoms with Gasteiger partial charge in [-0.2, -0.15) is 0 Å². The Bertz CT molecular complexity index is 769. The lowest BCUT2D eigenvalue weighted by Gasteiger charge is -2.23. The number of rotatable bonds is 9. The van der Waals surface area contributed by atoms with Crippen molar-refractivity contribution in [2.45, 2.75) is 32.9 Å². The second-order valence-electron chi connectivity index (χ2n) is 6.59. The number of carbonyl (C=O) groups is 2. The van der Waals surface area contributed by atoms with Gasteiger partial charge in [0.15, 0.2) is 0 Å². The SMILES string of the molecule is COC(=O)CCN(Cc1ccc(OC)cc1)C(=O)c1ccc(OC(C)C)cc1. The van der Waals surface area contributed by atoms with Crippen LogP contribution in [0.5, 0.6) is 11.5 Å². The molecule has 2 aromatic rings. The van der Waals surface area contributed by atoms with Crippen LogP contribution < -0.4 is 9.47 Å². The Labute approximate surface area is 166 Å². The van der Waals surface area contributed by atoms with Gasteiger partial charge in [-0.1, -0.05) is 12.1 Å². The lowest BCUT2D eigenvalue weighted by atomic mass is 10.1. The molecule has 2 aromatic carbocycles. The van der Waals surface area contributed by atoms with Gasteiger partial charge in [0.1, 0.15) is 11.5 Å². The number of amides is 1. The van der Waals surface area contributed by atoms with Crippen molar-refractivity contribution in [1.29, 1.82) is 0 Å². The van der Waals surface area contributed by atoms with E-state index in [1.165, 1.54) is 7.11 Å². The molecule has 0 saturated carbocycles. The maximum Gasteiger partial charge on any atom is 0.307 e. The number of esters is 1. The van der Waals surface area contributed by atoms with Gasteiger partial charge >= 0.3 is 5.97 Å². The average molecular weight is 385 g/mol. The minimum atomic E-state index is -0.354. The van der Waals surface area contributed by atoms with Crippen LogP contribution in [0.3, 0.4) is 0 Å². The molecule has 0 heterocycles. The third kappa shape index (κ3) is 6.30. The number of ether oxygens (including phenoxy) is 3.